The predicted molar refractivity (Wildman–Crippen MR) is 118 cm³/mol. The van der Waals surface area contributed by atoms with Gasteiger partial charge in [-0.15, -0.1) is 0 Å². The van der Waals surface area contributed by atoms with E-state index in [2.05, 4.69) is 9.84 Å². The van der Waals surface area contributed by atoms with Crippen LogP contribution in [0, 0.1) is 5.82 Å². The van der Waals surface area contributed by atoms with E-state index in [9.17, 15) is 18.5 Å². The van der Waals surface area contributed by atoms with Crippen molar-refractivity contribution >= 4 is 5.97 Å². The van der Waals surface area contributed by atoms with E-state index < -0.39 is 17.0 Å². The number of benzene rings is 2. The Labute approximate surface area is 189 Å². The fraction of sp³-hybridized carbons (Fsp3) is 0.280. The first-order chi connectivity index (χ1) is 16.0. The number of rotatable bonds is 8. The third-order valence-corrected chi connectivity index (χ3v) is 5.79. The summed E-state index contributed by atoms with van der Waals surface area (Å²) in [5.41, 5.74) is 0.700. The van der Waals surface area contributed by atoms with E-state index in [-0.39, 0.29) is 24.2 Å². The second-order valence-electron chi connectivity index (χ2n) is 8.09. The topological polar surface area (TPSA) is 60.8 Å². The second kappa shape index (κ2) is 10.4. The van der Waals surface area contributed by atoms with Gasteiger partial charge in [0.25, 0.3) is 0 Å². The van der Waals surface area contributed by atoms with Crippen molar-refractivity contribution in [2.24, 2.45) is 0 Å². The molecule has 1 fully saturated rings. The maximum atomic E-state index is 13.2. The van der Waals surface area contributed by atoms with Crippen molar-refractivity contribution in [2.75, 3.05) is 6.54 Å². The number of pyridine rings is 1. The molecule has 2 heterocycles. The van der Waals surface area contributed by atoms with Gasteiger partial charge in [0, 0.05) is 29.9 Å². The van der Waals surface area contributed by atoms with Gasteiger partial charge in [0.05, 0.1) is 6.20 Å². The summed E-state index contributed by atoms with van der Waals surface area (Å²) >= 11 is 0. The van der Waals surface area contributed by atoms with Crippen LogP contribution >= 0.6 is 0 Å². The monoisotopic (exact) mass is 454 g/mol. The van der Waals surface area contributed by atoms with Gasteiger partial charge in [0.1, 0.15) is 18.0 Å². The lowest BCUT2D eigenvalue weighted by Crippen LogP contribution is -2.33. The van der Waals surface area contributed by atoms with Gasteiger partial charge in [-0.1, -0.05) is 42.5 Å². The van der Waals surface area contributed by atoms with E-state index in [1.165, 1.54) is 24.5 Å². The third kappa shape index (κ3) is 5.64. The fourth-order valence-corrected chi connectivity index (χ4v) is 4.11. The number of carbonyl (C=O) groups is 1. The van der Waals surface area contributed by atoms with Crippen LogP contribution in [-0.2, 0) is 24.6 Å². The highest BCUT2D eigenvalue weighted by molar-refractivity contribution is 5.88. The average Bonchev–Trinajstić information content (AvgIpc) is 3.27. The van der Waals surface area contributed by atoms with Crippen molar-refractivity contribution in [2.45, 2.75) is 38.6 Å². The molecule has 1 unspecified atom stereocenters. The van der Waals surface area contributed by atoms with Crippen molar-refractivity contribution in [1.29, 1.82) is 0 Å². The molecule has 0 saturated carbocycles. The van der Waals surface area contributed by atoms with Gasteiger partial charge in [0.2, 0.25) is 5.43 Å². The summed E-state index contributed by atoms with van der Waals surface area (Å²) in [5.74, 6) is -1.68. The van der Waals surface area contributed by atoms with Gasteiger partial charge in [-0.05, 0) is 42.6 Å². The van der Waals surface area contributed by atoms with E-state index in [0.29, 0.717) is 13.1 Å². The number of halogens is 2. The minimum atomic E-state index is -1.35. The summed E-state index contributed by atoms with van der Waals surface area (Å²) in [6.45, 7) is 2.13. The minimum Gasteiger partial charge on any atom is -0.483 e. The molecule has 1 aromatic heterocycles. The first-order valence-corrected chi connectivity index (χ1v) is 10.8. The number of likely N-dealkylation sites (tertiary alicyclic amines) is 1. The fourth-order valence-electron chi connectivity index (χ4n) is 4.11. The van der Waals surface area contributed by atoms with Crippen LogP contribution in [-0.4, -0.2) is 28.0 Å². The Morgan fingerprint density at radius 2 is 1.79 bits per heavy atom. The van der Waals surface area contributed by atoms with Gasteiger partial charge in [-0.2, -0.15) is 0 Å². The lowest BCUT2D eigenvalue weighted by Gasteiger charge is -2.26. The quantitative estimate of drug-likeness (QED) is 0.509. The van der Waals surface area contributed by atoms with Gasteiger partial charge in [0.15, 0.2) is 5.75 Å². The Balaban J connectivity index is 1.54. The number of hydrogen-bond acceptors (Lipinski definition) is 5. The Kier molecular flexibility index (Phi) is 7.14. The van der Waals surface area contributed by atoms with Crippen LogP contribution in [0.1, 0.15) is 34.3 Å². The Bertz CT molecular complexity index is 1150. The highest BCUT2D eigenvalue weighted by Crippen LogP contribution is 2.22. The van der Waals surface area contributed by atoms with Crippen LogP contribution in [0.5, 0.6) is 5.75 Å². The lowest BCUT2D eigenvalue weighted by molar-refractivity contribution is -0.0790. The molecule has 1 aliphatic rings. The Hall–Kier alpha value is -3.52. The number of aromatic nitrogens is 1. The average molecular weight is 454 g/mol. The van der Waals surface area contributed by atoms with Crippen molar-refractivity contribution in [1.82, 2.24) is 9.47 Å². The normalized spacial score (nSPS) is 16.0. The van der Waals surface area contributed by atoms with Crippen molar-refractivity contribution in [3.05, 3.63) is 99.7 Å². The molecule has 0 spiro atoms. The minimum absolute atomic E-state index is 0.0511. The molecule has 1 aliphatic heterocycles. The summed E-state index contributed by atoms with van der Waals surface area (Å²) in [5, 5.41) is 0. The van der Waals surface area contributed by atoms with E-state index in [4.69, 9.17) is 4.74 Å². The van der Waals surface area contributed by atoms with Crippen LogP contribution in [0.4, 0.5) is 8.92 Å². The van der Waals surface area contributed by atoms with Crippen molar-refractivity contribution < 1.29 is 23.4 Å². The molecule has 1 atom stereocenters. The maximum absolute atomic E-state index is 13.2. The molecule has 0 amide bonds. The molecule has 172 valence electrons. The molecule has 0 N–H and O–H groups in total. The van der Waals surface area contributed by atoms with Gasteiger partial charge >= 0.3 is 5.97 Å². The van der Waals surface area contributed by atoms with Gasteiger partial charge in [-0.25, -0.2) is 14.1 Å². The molecular weight excluding hydrogens is 430 g/mol. The Morgan fingerprint density at radius 3 is 2.52 bits per heavy atom. The zero-order chi connectivity index (χ0) is 23.2. The highest BCUT2D eigenvalue weighted by atomic mass is 19.3. The molecule has 0 bridgehead atoms. The predicted octanol–water partition coefficient (Wildman–Crippen LogP) is 4.27. The van der Waals surface area contributed by atoms with Gasteiger partial charge in [-0.3, -0.25) is 9.69 Å². The van der Waals surface area contributed by atoms with Crippen LogP contribution < -0.4 is 10.2 Å². The number of ether oxygens (including phenoxy) is 1. The lowest BCUT2D eigenvalue weighted by atomic mass is 10.1. The van der Waals surface area contributed by atoms with E-state index in [1.54, 1.807) is 16.7 Å². The largest absolute Gasteiger partial charge is 0.483 e. The van der Waals surface area contributed by atoms with E-state index in [1.807, 2.05) is 30.3 Å². The molecule has 33 heavy (non-hydrogen) atoms. The molecule has 0 aliphatic carbocycles. The molecule has 1 saturated heterocycles. The summed E-state index contributed by atoms with van der Waals surface area (Å²) < 4.78 is 33.2. The summed E-state index contributed by atoms with van der Waals surface area (Å²) in [4.78, 5) is 30.1. The zero-order valence-corrected chi connectivity index (χ0v) is 18.0. The summed E-state index contributed by atoms with van der Waals surface area (Å²) in [6.07, 6.45) is 4.74. The smallest absolute Gasteiger partial charge is 0.385 e. The molecule has 2 aromatic carbocycles. The zero-order valence-electron chi connectivity index (χ0n) is 18.0. The highest BCUT2D eigenvalue weighted by Gasteiger charge is 2.26. The van der Waals surface area contributed by atoms with Crippen LogP contribution in [0.3, 0.4) is 0 Å². The SMILES string of the molecule is O=C(OF)c1cn(CC2CCCN2Cc2ccc(F)cc2)cc(OCc2ccccc2)c1=O. The number of hydrogen-bond donors (Lipinski definition) is 0. The molecule has 3 aromatic rings. The van der Waals surface area contributed by atoms with Crippen molar-refractivity contribution in [3.63, 3.8) is 0 Å². The molecule has 6 nitrogen and oxygen atoms in total. The molecule has 4 rings (SSSR count). The second-order valence-corrected chi connectivity index (χ2v) is 8.09. The standard InChI is InChI=1S/C25H24F2N2O4/c26-20-10-8-18(9-11-20)13-29-12-4-7-21(29)14-28-15-22(25(31)33-27)24(30)23(16-28)32-17-19-5-2-1-3-6-19/h1-3,5-6,8-11,15-16,21H,4,7,12-14,17H2. The number of nitrogens with zero attached hydrogens (tertiary/aromatic N) is 2. The molecular formula is C25H24F2N2O4. The Morgan fingerprint density at radius 1 is 1.03 bits per heavy atom. The van der Waals surface area contributed by atoms with Crippen LogP contribution in [0.25, 0.3) is 0 Å². The van der Waals surface area contributed by atoms with Crippen LogP contribution in [0.15, 0.2) is 71.8 Å². The van der Waals surface area contributed by atoms with Crippen molar-refractivity contribution in [3.8, 4) is 5.75 Å². The van der Waals surface area contributed by atoms with Crippen LogP contribution in [0.2, 0.25) is 0 Å². The van der Waals surface area contributed by atoms with E-state index >= 15 is 0 Å². The summed E-state index contributed by atoms with van der Waals surface area (Å²) in [6, 6.07) is 15.8. The summed E-state index contributed by atoms with van der Waals surface area (Å²) in [7, 11) is 0. The first kappa shape index (κ1) is 22.7. The third-order valence-electron chi connectivity index (χ3n) is 5.79. The van der Waals surface area contributed by atoms with Gasteiger partial charge < -0.3 is 9.30 Å². The maximum Gasteiger partial charge on any atom is 0.385 e. The number of carbonyl (C=O) groups excluding carboxylic acids is 1. The van der Waals surface area contributed by atoms with E-state index in [0.717, 1.165) is 30.5 Å². The molecule has 0 radical (unpaired) electrons. The first-order valence-electron chi connectivity index (χ1n) is 10.8. The molecule has 8 heteroatoms.